The largest absolute Gasteiger partial charge is 0.0726 e. The molecule has 0 heterocycles. The van der Waals surface area contributed by atoms with Gasteiger partial charge in [0.1, 0.15) is 0 Å². The van der Waals surface area contributed by atoms with Gasteiger partial charge in [-0.2, -0.15) is 0 Å². The fourth-order valence-electron chi connectivity index (χ4n) is 13.4. The molecule has 0 saturated carbocycles. The molecule has 0 radical (unpaired) electrons. The lowest BCUT2D eigenvalue weighted by Gasteiger charge is -2.32. The van der Waals surface area contributed by atoms with Gasteiger partial charge < -0.3 is 0 Å². The van der Waals surface area contributed by atoms with Crippen LogP contribution in [-0.4, -0.2) is 0 Å². The molecule has 0 fully saturated rings. The van der Waals surface area contributed by atoms with E-state index in [1.54, 1.807) is 0 Å². The zero-order valence-corrected chi connectivity index (χ0v) is 39.9. The van der Waals surface area contributed by atoms with Crippen LogP contribution >= 0.6 is 0 Å². The van der Waals surface area contributed by atoms with E-state index in [0.717, 1.165) is 0 Å². The van der Waals surface area contributed by atoms with Crippen LogP contribution in [0.4, 0.5) is 0 Å². The third-order valence-electron chi connectivity index (χ3n) is 16.6. The second kappa shape index (κ2) is 15.3. The van der Waals surface area contributed by atoms with Crippen molar-refractivity contribution in [2.24, 2.45) is 0 Å². The van der Waals surface area contributed by atoms with Crippen molar-refractivity contribution < 1.29 is 0 Å². The maximum atomic E-state index is 2.57. The van der Waals surface area contributed by atoms with E-state index in [9.17, 15) is 0 Å². The quantitative estimate of drug-likeness (QED) is 0.154. The fraction of sp³-hybridized carbons (Fsp3) is 0.0137. The molecule has 0 aromatic heterocycles. The highest BCUT2D eigenvalue weighted by molar-refractivity contribution is 6.16. The number of fused-ring (bicyclic) bond motifs is 18. The third-order valence-corrected chi connectivity index (χ3v) is 16.6. The first-order valence-electron chi connectivity index (χ1n) is 25.6. The van der Waals surface area contributed by atoms with Gasteiger partial charge in [0, 0.05) is 0 Å². The van der Waals surface area contributed by atoms with Gasteiger partial charge in [-0.15, -0.1) is 0 Å². The van der Waals surface area contributed by atoms with Crippen LogP contribution in [0.3, 0.4) is 0 Å². The van der Waals surface area contributed by atoms with Gasteiger partial charge in [-0.25, -0.2) is 0 Å². The number of hydrogen-bond acceptors (Lipinski definition) is 0. The Bertz CT molecular complexity index is 4370. The Hall–Kier alpha value is -9.36. The number of benzene rings is 14. The molecule has 14 aromatic carbocycles. The van der Waals surface area contributed by atoms with E-state index >= 15 is 0 Å². The van der Waals surface area contributed by atoms with Gasteiger partial charge in [-0.1, -0.05) is 231 Å². The molecular weight excluding hydrogens is 877 g/mol. The lowest BCUT2D eigenvalue weighted by molar-refractivity contribution is 0.795. The normalized spacial score (nSPS) is 13.0. The van der Waals surface area contributed by atoms with Crippen molar-refractivity contribution in [2.75, 3.05) is 0 Å². The Morgan fingerprint density at radius 2 is 0.452 bits per heavy atom. The van der Waals surface area contributed by atoms with Crippen molar-refractivity contribution in [2.45, 2.75) is 5.41 Å². The fourth-order valence-corrected chi connectivity index (χ4v) is 13.4. The van der Waals surface area contributed by atoms with E-state index in [0.29, 0.717) is 0 Å². The van der Waals surface area contributed by atoms with E-state index in [4.69, 9.17) is 0 Å². The minimum atomic E-state index is -0.679. The molecule has 0 unspecified atom stereocenters. The summed E-state index contributed by atoms with van der Waals surface area (Å²) in [5.74, 6) is 0. The number of rotatable bonds is 4. The Morgan fingerprint density at radius 3 is 0.836 bits per heavy atom. The van der Waals surface area contributed by atoms with Crippen LogP contribution in [0.2, 0.25) is 0 Å². The molecular formula is C73H44. The van der Waals surface area contributed by atoms with Crippen LogP contribution in [0, 0.1) is 0 Å². The first-order valence-corrected chi connectivity index (χ1v) is 25.6. The molecule has 16 rings (SSSR count). The topological polar surface area (TPSA) is 0 Å². The second-order valence-electron chi connectivity index (χ2n) is 20.2. The molecule has 0 saturated heterocycles. The summed E-state index contributed by atoms with van der Waals surface area (Å²) in [5, 5.41) is 15.1. The molecule has 0 atom stereocenters. The molecule has 2 aliphatic rings. The van der Waals surface area contributed by atoms with Crippen LogP contribution in [0.1, 0.15) is 22.3 Å². The van der Waals surface area contributed by atoms with Crippen LogP contribution in [0.5, 0.6) is 0 Å². The summed E-state index contributed by atoms with van der Waals surface area (Å²) < 4.78 is 0. The van der Waals surface area contributed by atoms with Crippen molar-refractivity contribution in [3.8, 4) is 66.8 Å². The monoisotopic (exact) mass is 920 g/mol. The molecule has 0 nitrogen and oxygen atoms in total. The van der Waals surface area contributed by atoms with Crippen molar-refractivity contribution in [3.63, 3.8) is 0 Å². The predicted octanol–water partition coefficient (Wildman–Crippen LogP) is 19.6. The number of hydrogen-bond donors (Lipinski definition) is 0. The molecule has 14 aromatic rings. The SMILES string of the molecule is c1ccc2c(-c3ccc4c(c3)C3(c5cc(-c6cccc7ccccc67)ccc5-4)c4cc(-c5cc6ccccc6c6ccccc56)ccc4-c4ccc(-c5cc6ccccc6c6ccccc56)cc43)cccc2c1. The first kappa shape index (κ1) is 40.4. The zero-order valence-electron chi connectivity index (χ0n) is 39.9. The van der Waals surface area contributed by atoms with Gasteiger partial charge in [-0.05, 0) is 190 Å². The molecule has 0 N–H and O–H groups in total. The summed E-state index contributed by atoms with van der Waals surface area (Å²) in [7, 11) is 0. The summed E-state index contributed by atoms with van der Waals surface area (Å²) in [4.78, 5) is 0. The molecule has 336 valence electrons. The average molecular weight is 921 g/mol. The van der Waals surface area contributed by atoms with Crippen molar-refractivity contribution in [3.05, 3.63) is 289 Å². The first-order chi connectivity index (χ1) is 36.2. The molecule has 0 heteroatoms. The van der Waals surface area contributed by atoms with E-state index in [1.807, 2.05) is 0 Å². The summed E-state index contributed by atoms with van der Waals surface area (Å²) in [6, 6.07) is 101. The zero-order chi connectivity index (χ0) is 47.8. The smallest absolute Gasteiger partial charge is 0.0616 e. The van der Waals surface area contributed by atoms with E-state index in [1.165, 1.54) is 154 Å². The summed E-state index contributed by atoms with van der Waals surface area (Å²) in [6.07, 6.45) is 0. The highest BCUT2D eigenvalue weighted by atomic mass is 14.5. The standard InChI is InChI=1S/C73H44/c1-5-21-53-45(15-1)19-13-29-55(53)49-31-35-63-64-36-32-50(56-30-14-20-46-16-2-6-22-54(46)56)42-70(64)73(69(63)41-49)71-43-51(67-39-47-17-3-7-23-57(47)59-25-9-11-27-61(59)67)33-37-65(71)66-38-34-52(44-72(66)73)68-40-48-18-4-8-24-58(48)60-26-10-12-28-62(60)68/h1-44H. The van der Waals surface area contributed by atoms with Crippen LogP contribution in [-0.2, 0) is 5.41 Å². The van der Waals surface area contributed by atoms with Gasteiger partial charge >= 0.3 is 0 Å². The van der Waals surface area contributed by atoms with E-state index in [-0.39, 0.29) is 0 Å². The third kappa shape index (κ3) is 5.72. The Labute approximate surface area is 423 Å². The molecule has 2 aliphatic carbocycles. The highest BCUT2D eigenvalue weighted by Crippen LogP contribution is 2.65. The Kier molecular flexibility index (Phi) is 8.47. The van der Waals surface area contributed by atoms with Gasteiger partial charge in [0.05, 0.1) is 5.41 Å². The van der Waals surface area contributed by atoms with Gasteiger partial charge in [0.25, 0.3) is 0 Å². The highest BCUT2D eigenvalue weighted by Gasteiger charge is 2.52. The van der Waals surface area contributed by atoms with Crippen molar-refractivity contribution in [1.82, 2.24) is 0 Å². The second-order valence-corrected chi connectivity index (χ2v) is 20.2. The molecule has 0 aliphatic heterocycles. The van der Waals surface area contributed by atoms with Crippen LogP contribution in [0.25, 0.3) is 131 Å². The molecule has 73 heavy (non-hydrogen) atoms. The van der Waals surface area contributed by atoms with Gasteiger partial charge in [-0.3, -0.25) is 0 Å². The van der Waals surface area contributed by atoms with E-state index in [2.05, 4.69) is 267 Å². The Balaban J connectivity index is 1.04. The van der Waals surface area contributed by atoms with Crippen LogP contribution < -0.4 is 0 Å². The molecule has 0 amide bonds. The summed E-state index contributed by atoms with van der Waals surface area (Å²) in [5.41, 5.74) is 19.6. The molecule has 0 bridgehead atoms. The predicted molar refractivity (Wildman–Crippen MR) is 310 cm³/mol. The van der Waals surface area contributed by atoms with Gasteiger partial charge in [0.2, 0.25) is 0 Å². The van der Waals surface area contributed by atoms with Crippen LogP contribution in [0.15, 0.2) is 267 Å². The molecule has 1 spiro atoms. The lowest BCUT2D eigenvalue weighted by atomic mass is 9.69. The lowest BCUT2D eigenvalue weighted by Crippen LogP contribution is -2.26. The maximum absolute atomic E-state index is 2.57. The summed E-state index contributed by atoms with van der Waals surface area (Å²) >= 11 is 0. The Morgan fingerprint density at radius 1 is 0.164 bits per heavy atom. The minimum Gasteiger partial charge on any atom is -0.0616 e. The summed E-state index contributed by atoms with van der Waals surface area (Å²) in [6.45, 7) is 0. The van der Waals surface area contributed by atoms with E-state index < -0.39 is 5.41 Å². The van der Waals surface area contributed by atoms with Crippen molar-refractivity contribution in [1.29, 1.82) is 0 Å². The maximum Gasteiger partial charge on any atom is 0.0726 e. The van der Waals surface area contributed by atoms with Crippen molar-refractivity contribution >= 4 is 64.6 Å². The average Bonchev–Trinajstić information content (AvgIpc) is 3.92. The van der Waals surface area contributed by atoms with Gasteiger partial charge in [0.15, 0.2) is 0 Å². The minimum absolute atomic E-state index is 0.679.